The summed E-state index contributed by atoms with van der Waals surface area (Å²) in [7, 11) is 0. The number of pyridine rings is 1. The van der Waals surface area contributed by atoms with Crippen molar-refractivity contribution in [1.82, 2.24) is 15.0 Å². The lowest BCUT2D eigenvalue weighted by atomic mass is 10.0. The van der Waals surface area contributed by atoms with Crippen molar-refractivity contribution in [2.45, 2.75) is 32.3 Å². The molecular formula is C12H15N3O. The molecule has 84 valence electrons. The van der Waals surface area contributed by atoms with Crippen LogP contribution in [0.15, 0.2) is 12.3 Å². The van der Waals surface area contributed by atoms with Gasteiger partial charge in [0.15, 0.2) is 5.65 Å². The summed E-state index contributed by atoms with van der Waals surface area (Å²) in [5.74, 6) is 1.40. The first kappa shape index (κ1) is 9.78. The molecule has 1 saturated heterocycles. The molecule has 2 atom stereocenters. The highest BCUT2D eigenvalue weighted by molar-refractivity contribution is 5.71. The number of aromatic nitrogens is 3. The molecule has 1 N–H and O–H groups in total. The van der Waals surface area contributed by atoms with Crippen LogP contribution in [0.5, 0.6) is 0 Å². The third kappa shape index (κ3) is 1.50. The molecule has 0 spiro atoms. The van der Waals surface area contributed by atoms with Gasteiger partial charge in [-0.3, -0.25) is 0 Å². The van der Waals surface area contributed by atoms with Crippen molar-refractivity contribution in [3.63, 3.8) is 0 Å². The maximum absolute atomic E-state index is 5.56. The summed E-state index contributed by atoms with van der Waals surface area (Å²) in [6.07, 6.45) is 3.14. The Morgan fingerprint density at radius 3 is 3.12 bits per heavy atom. The lowest BCUT2D eigenvalue weighted by molar-refractivity contribution is 0.117. The molecule has 3 rings (SSSR count). The summed E-state index contributed by atoms with van der Waals surface area (Å²) in [6.45, 7) is 4.97. The Morgan fingerprint density at radius 1 is 1.50 bits per heavy atom. The van der Waals surface area contributed by atoms with Crippen molar-refractivity contribution in [3.05, 3.63) is 23.7 Å². The van der Waals surface area contributed by atoms with Gasteiger partial charge in [0.1, 0.15) is 5.82 Å². The number of imidazole rings is 1. The Balaban J connectivity index is 2.04. The number of H-pyrrole nitrogens is 1. The van der Waals surface area contributed by atoms with E-state index >= 15 is 0 Å². The van der Waals surface area contributed by atoms with E-state index in [4.69, 9.17) is 4.74 Å². The van der Waals surface area contributed by atoms with Gasteiger partial charge in [-0.15, -0.1) is 0 Å². The Bertz CT molecular complexity index is 520. The van der Waals surface area contributed by atoms with Crippen LogP contribution >= 0.6 is 0 Å². The number of aryl methyl sites for hydroxylation is 1. The molecule has 4 heteroatoms. The quantitative estimate of drug-likeness (QED) is 0.796. The van der Waals surface area contributed by atoms with Crippen molar-refractivity contribution in [1.29, 1.82) is 0 Å². The van der Waals surface area contributed by atoms with Gasteiger partial charge in [0.2, 0.25) is 0 Å². The SMILES string of the molecule is Cc1cnc2nc(C3CCOC3C)[nH]c2c1. The second-order valence-electron chi connectivity index (χ2n) is 4.48. The first-order valence-corrected chi connectivity index (χ1v) is 5.68. The minimum absolute atomic E-state index is 0.252. The van der Waals surface area contributed by atoms with Crippen LogP contribution in [-0.4, -0.2) is 27.7 Å². The maximum Gasteiger partial charge on any atom is 0.177 e. The van der Waals surface area contributed by atoms with Gasteiger partial charge in [0.05, 0.1) is 11.6 Å². The number of rotatable bonds is 1. The number of hydrogen-bond donors (Lipinski definition) is 1. The Morgan fingerprint density at radius 2 is 2.38 bits per heavy atom. The van der Waals surface area contributed by atoms with Crippen molar-refractivity contribution in [2.24, 2.45) is 0 Å². The Labute approximate surface area is 94.1 Å². The molecule has 0 aliphatic carbocycles. The van der Waals surface area contributed by atoms with Gasteiger partial charge in [-0.1, -0.05) is 0 Å². The zero-order valence-corrected chi connectivity index (χ0v) is 9.53. The first-order valence-electron chi connectivity index (χ1n) is 5.68. The fraction of sp³-hybridized carbons (Fsp3) is 0.500. The van der Waals surface area contributed by atoms with E-state index in [2.05, 4.69) is 27.9 Å². The summed E-state index contributed by atoms with van der Waals surface area (Å²) in [6, 6.07) is 2.08. The van der Waals surface area contributed by atoms with Gasteiger partial charge in [-0.25, -0.2) is 9.97 Å². The first-order chi connectivity index (χ1) is 7.74. The van der Waals surface area contributed by atoms with Gasteiger partial charge in [-0.2, -0.15) is 0 Å². The molecule has 0 radical (unpaired) electrons. The molecule has 1 fully saturated rings. The second-order valence-corrected chi connectivity index (χ2v) is 4.48. The van der Waals surface area contributed by atoms with Crippen LogP contribution in [0.2, 0.25) is 0 Å². The predicted molar refractivity (Wildman–Crippen MR) is 61.4 cm³/mol. The van der Waals surface area contributed by atoms with Crippen LogP contribution < -0.4 is 0 Å². The average Bonchev–Trinajstić information content (AvgIpc) is 2.82. The van der Waals surface area contributed by atoms with Crippen LogP contribution in [0.1, 0.15) is 30.7 Å². The summed E-state index contributed by atoms with van der Waals surface area (Å²) < 4.78 is 5.56. The Hall–Kier alpha value is -1.42. The third-order valence-electron chi connectivity index (χ3n) is 3.22. The van der Waals surface area contributed by atoms with Gasteiger partial charge in [0, 0.05) is 18.7 Å². The normalized spacial score (nSPS) is 25.4. The molecular weight excluding hydrogens is 202 g/mol. The fourth-order valence-electron chi connectivity index (χ4n) is 2.29. The van der Waals surface area contributed by atoms with Gasteiger partial charge < -0.3 is 9.72 Å². The molecule has 0 bridgehead atoms. The Kier molecular flexibility index (Phi) is 2.17. The lowest BCUT2D eigenvalue weighted by Gasteiger charge is -2.09. The molecule has 2 aromatic rings. The third-order valence-corrected chi connectivity index (χ3v) is 3.22. The van der Waals surface area contributed by atoms with Crippen LogP contribution in [0.4, 0.5) is 0 Å². The molecule has 0 saturated carbocycles. The molecule has 0 amide bonds. The molecule has 1 aliphatic rings. The zero-order chi connectivity index (χ0) is 11.1. The highest BCUT2D eigenvalue weighted by atomic mass is 16.5. The molecule has 0 aromatic carbocycles. The second kappa shape index (κ2) is 3.56. The highest BCUT2D eigenvalue weighted by Gasteiger charge is 2.28. The summed E-state index contributed by atoms with van der Waals surface area (Å²) >= 11 is 0. The predicted octanol–water partition coefficient (Wildman–Crippen LogP) is 2.16. The van der Waals surface area contributed by atoms with Crippen LogP contribution in [0.25, 0.3) is 11.2 Å². The number of fused-ring (bicyclic) bond motifs is 1. The smallest absolute Gasteiger partial charge is 0.177 e. The zero-order valence-electron chi connectivity index (χ0n) is 9.53. The molecule has 16 heavy (non-hydrogen) atoms. The minimum Gasteiger partial charge on any atom is -0.378 e. The molecule has 4 nitrogen and oxygen atoms in total. The molecule has 1 aliphatic heterocycles. The van der Waals surface area contributed by atoms with E-state index in [0.717, 1.165) is 35.6 Å². The minimum atomic E-state index is 0.252. The number of ether oxygens (including phenoxy) is 1. The van der Waals surface area contributed by atoms with E-state index in [1.165, 1.54) is 0 Å². The monoisotopic (exact) mass is 217 g/mol. The van der Waals surface area contributed by atoms with Crippen molar-refractivity contribution < 1.29 is 4.74 Å². The van der Waals surface area contributed by atoms with E-state index in [1.807, 2.05) is 13.1 Å². The van der Waals surface area contributed by atoms with Gasteiger partial charge >= 0.3 is 0 Å². The number of nitrogens with zero attached hydrogens (tertiary/aromatic N) is 2. The van der Waals surface area contributed by atoms with Crippen molar-refractivity contribution in [2.75, 3.05) is 6.61 Å². The lowest BCUT2D eigenvalue weighted by Crippen LogP contribution is -2.10. The average molecular weight is 217 g/mol. The molecule has 2 unspecified atom stereocenters. The standard InChI is InChI=1S/C12H15N3O/c1-7-5-10-12(13-6-7)15-11(14-10)9-3-4-16-8(9)2/h5-6,8-9H,3-4H2,1-2H3,(H,13,14,15). The summed E-state index contributed by atoms with van der Waals surface area (Å²) in [5.41, 5.74) is 2.98. The van der Waals surface area contributed by atoms with E-state index in [-0.39, 0.29) is 6.10 Å². The topological polar surface area (TPSA) is 50.8 Å². The van der Waals surface area contributed by atoms with Crippen LogP contribution in [0, 0.1) is 6.92 Å². The van der Waals surface area contributed by atoms with Crippen LogP contribution in [0.3, 0.4) is 0 Å². The van der Waals surface area contributed by atoms with Crippen molar-refractivity contribution in [3.8, 4) is 0 Å². The maximum atomic E-state index is 5.56. The number of hydrogen-bond acceptors (Lipinski definition) is 3. The summed E-state index contributed by atoms with van der Waals surface area (Å²) in [5, 5.41) is 0. The van der Waals surface area contributed by atoms with Crippen molar-refractivity contribution >= 4 is 11.2 Å². The fourth-order valence-corrected chi connectivity index (χ4v) is 2.29. The number of nitrogens with one attached hydrogen (secondary N) is 1. The number of aromatic amines is 1. The van der Waals surface area contributed by atoms with E-state index in [9.17, 15) is 0 Å². The molecule has 2 aromatic heterocycles. The largest absolute Gasteiger partial charge is 0.378 e. The highest BCUT2D eigenvalue weighted by Crippen LogP contribution is 2.30. The van der Waals surface area contributed by atoms with Gasteiger partial charge in [0.25, 0.3) is 0 Å². The van der Waals surface area contributed by atoms with E-state index in [0.29, 0.717) is 5.92 Å². The van der Waals surface area contributed by atoms with Crippen LogP contribution in [-0.2, 0) is 4.74 Å². The van der Waals surface area contributed by atoms with Gasteiger partial charge in [-0.05, 0) is 31.9 Å². The van der Waals surface area contributed by atoms with E-state index < -0.39 is 0 Å². The summed E-state index contributed by atoms with van der Waals surface area (Å²) in [4.78, 5) is 12.2. The molecule has 3 heterocycles. The van der Waals surface area contributed by atoms with E-state index in [1.54, 1.807) is 0 Å².